The van der Waals surface area contributed by atoms with E-state index in [0.717, 1.165) is 6.42 Å². The minimum absolute atomic E-state index is 0. The van der Waals surface area contributed by atoms with Gasteiger partial charge in [0.25, 0.3) is 0 Å². The molecule has 1 saturated heterocycles. The first-order chi connectivity index (χ1) is 8.71. The Hall–Kier alpha value is -0.730. The SMILES string of the molecule is CCC(C)NC(N)=NC1CN(C(=O)OC(C)(C)C)C1.I. The highest BCUT2D eigenvalue weighted by molar-refractivity contribution is 14.0. The summed E-state index contributed by atoms with van der Waals surface area (Å²) in [6.07, 6.45) is 0.706. The van der Waals surface area contributed by atoms with Gasteiger partial charge in [0.2, 0.25) is 0 Å². The summed E-state index contributed by atoms with van der Waals surface area (Å²) in [6.45, 7) is 10.8. The second-order valence-electron chi connectivity index (χ2n) is 6.01. The van der Waals surface area contributed by atoms with Gasteiger partial charge in [0.05, 0.1) is 6.04 Å². The van der Waals surface area contributed by atoms with E-state index in [2.05, 4.69) is 24.2 Å². The number of halogens is 1. The van der Waals surface area contributed by atoms with Crippen molar-refractivity contribution in [3.63, 3.8) is 0 Å². The quantitative estimate of drug-likeness (QED) is 0.433. The Morgan fingerprint density at radius 3 is 2.50 bits per heavy atom. The van der Waals surface area contributed by atoms with Crippen LogP contribution >= 0.6 is 24.0 Å². The van der Waals surface area contributed by atoms with E-state index in [0.29, 0.717) is 25.1 Å². The maximum atomic E-state index is 11.7. The van der Waals surface area contributed by atoms with E-state index >= 15 is 0 Å². The molecule has 0 bridgehead atoms. The molecule has 1 rings (SSSR count). The van der Waals surface area contributed by atoms with Crippen LogP contribution < -0.4 is 11.1 Å². The van der Waals surface area contributed by atoms with E-state index in [-0.39, 0.29) is 36.1 Å². The number of hydrogen-bond acceptors (Lipinski definition) is 3. The molecule has 0 aromatic carbocycles. The molecule has 20 heavy (non-hydrogen) atoms. The zero-order valence-corrected chi connectivity index (χ0v) is 15.3. The Bertz CT molecular complexity index is 349. The van der Waals surface area contributed by atoms with Gasteiger partial charge in [0.15, 0.2) is 5.96 Å². The standard InChI is InChI=1S/C13H26N4O2.HI/c1-6-9(2)15-11(14)16-10-7-17(8-10)12(18)19-13(3,4)5;/h9-10H,6-8H2,1-5H3,(H3,14,15,16);1H. The number of carbonyl (C=O) groups is 1. The first-order valence-electron chi connectivity index (χ1n) is 6.79. The fourth-order valence-corrected chi connectivity index (χ4v) is 1.60. The summed E-state index contributed by atoms with van der Waals surface area (Å²) in [4.78, 5) is 17.7. The van der Waals surface area contributed by atoms with E-state index in [1.54, 1.807) is 4.90 Å². The molecular formula is C13H27IN4O2. The summed E-state index contributed by atoms with van der Waals surface area (Å²) in [6, 6.07) is 0.384. The van der Waals surface area contributed by atoms with E-state index in [9.17, 15) is 4.79 Å². The second-order valence-corrected chi connectivity index (χ2v) is 6.01. The topological polar surface area (TPSA) is 80.0 Å². The van der Waals surface area contributed by atoms with E-state index in [1.165, 1.54) is 0 Å². The van der Waals surface area contributed by atoms with Crippen LogP contribution in [0.5, 0.6) is 0 Å². The van der Waals surface area contributed by atoms with Crippen molar-refractivity contribution in [3.05, 3.63) is 0 Å². The number of aliphatic imine (C=N–C) groups is 1. The molecule has 118 valence electrons. The highest BCUT2D eigenvalue weighted by Gasteiger charge is 2.33. The van der Waals surface area contributed by atoms with Gasteiger partial charge < -0.3 is 20.7 Å². The van der Waals surface area contributed by atoms with Crippen molar-refractivity contribution >= 4 is 36.0 Å². The molecule has 1 heterocycles. The zero-order chi connectivity index (χ0) is 14.6. The van der Waals surface area contributed by atoms with Crippen molar-refractivity contribution in [2.45, 2.75) is 58.7 Å². The summed E-state index contributed by atoms with van der Waals surface area (Å²) >= 11 is 0. The smallest absolute Gasteiger partial charge is 0.410 e. The Labute approximate surface area is 138 Å². The molecule has 1 unspecified atom stereocenters. The van der Waals surface area contributed by atoms with E-state index < -0.39 is 5.60 Å². The summed E-state index contributed by atoms with van der Waals surface area (Å²) in [5.41, 5.74) is 5.33. The summed E-state index contributed by atoms with van der Waals surface area (Å²) in [5, 5.41) is 3.10. The van der Waals surface area contributed by atoms with Gasteiger partial charge in [-0.15, -0.1) is 24.0 Å². The highest BCUT2D eigenvalue weighted by atomic mass is 127. The number of nitrogens with two attached hydrogens (primary N) is 1. The summed E-state index contributed by atoms with van der Waals surface area (Å²) in [5.74, 6) is 0.447. The van der Waals surface area contributed by atoms with E-state index in [1.807, 2.05) is 20.8 Å². The van der Waals surface area contributed by atoms with Crippen LogP contribution in [0.4, 0.5) is 4.79 Å². The molecule has 6 nitrogen and oxygen atoms in total. The fraction of sp³-hybridized carbons (Fsp3) is 0.846. The Morgan fingerprint density at radius 2 is 2.05 bits per heavy atom. The average molecular weight is 398 g/mol. The lowest BCUT2D eigenvalue weighted by atomic mass is 10.1. The predicted molar refractivity (Wildman–Crippen MR) is 91.5 cm³/mol. The second kappa shape index (κ2) is 7.90. The number of nitrogens with one attached hydrogen (secondary N) is 1. The molecule has 1 fully saturated rings. The lowest BCUT2D eigenvalue weighted by Gasteiger charge is -2.37. The van der Waals surface area contributed by atoms with Crippen LogP contribution in [-0.4, -0.2) is 47.7 Å². The lowest BCUT2D eigenvalue weighted by Crippen LogP contribution is -2.55. The highest BCUT2D eigenvalue weighted by Crippen LogP contribution is 2.16. The van der Waals surface area contributed by atoms with Gasteiger partial charge in [-0.3, -0.25) is 0 Å². The molecule has 0 saturated carbocycles. The van der Waals surface area contributed by atoms with Crippen LogP contribution in [0.25, 0.3) is 0 Å². The van der Waals surface area contributed by atoms with Crippen LogP contribution in [0, 0.1) is 0 Å². The fourth-order valence-electron chi connectivity index (χ4n) is 1.60. The monoisotopic (exact) mass is 398 g/mol. The normalized spacial score (nSPS) is 17.9. The van der Waals surface area contributed by atoms with Crippen LogP contribution in [0.15, 0.2) is 4.99 Å². The third kappa shape index (κ3) is 6.62. The first kappa shape index (κ1) is 19.3. The molecule has 0 radical (unpaired) electrons. The van der Waals surface area contributed by atoms with Crippen molar-refractivity contribution in [1.29, 1.82) is 0 Å². The molecule has 1 amide bonds. The number of amides is 1. The zero-order valence-electron chi connectivity index (χ0n) is 13.0. The van der Waals surface area contributed by atoms with Crippen LogP contribution in [0.2, 0.25) is 0 Å². The Morgan fingerprint density at radius 1 is 1.50 bits per heavy atom. The molecule has 1 atom stereocenters. The largest absolute Gasteiger partial charge is 0.444 e. The number of guanidine groups is 1. The van der Waals surface area contributed by atoms with Crippen LogP contribution in [-0.2, 0) is 4.74 Å². The number of carbonyl (C=O) groups excluding carboxylic acids is 1. The molecule has 0 aromatic rings. The van der Waals surface area contributed by atoms with Gasteiger partial charge in [0.1, 0.15) is 5.60 Å². The van der Waals surface area contributed by atoms with Gasteiger partial charge >= 0.3 is 6.09 Å². The summed E-state index contributed by atoms with van der Waals surface area (Å²) in [7, 11) is 0. The molecule has 0 spiro atoms. The molecule has 0 aliphatic carbocycles. The van der Waals surface area contributed by atoms with Crippen LogP contribution in [0.1, 0.15) is 41.0 Å². The number of nitrogens with zero attached hydrogens (tertiary/aromatic N) is 2. The molecule has 1 aliphatic heterocycles. The maximum absolute atomic E-state index is 11.7. The summed E-state index contributed by atoms with van der Waals surface area (Å²) < 4.78 is 5.27. The molecular weight excluding hydrogens is 371 g/mol. The van der Waals surface area contributed by atoms with Crippen molar-refractivity contribution in [1.82, 2.24) is 10.2 Å². The van der Waals surface area contributed by atoms with Crippen molar-refractivity contribution < 1.29 is 9.53 Å². The molecule has 3 N–H and O–H groups in total. The minimum atomic E-state index is -0.456. The molecule has 7 heteroatoms. The maximum Gasteiger partial charge on any atom is 0.410 e. The molecule has 1 aliphatic rings. The third-order valence-electron chi connectivity index (χ3n) is 2.84. The number of likely N-dealkylation sites (tertiary alicyclic amines) is 1. The Balaban J connectivity index is 0.00000361. The molecule has 0 aromatic heterocycles. The van der Waals surface area contributed by atoms with Crippen LogP contribution in [0.3, 0.4) is 0 Å². The minimum Gasteiger partial charge on any atom is -0.444 e. The third-order valence-corrected chi connectivity index (χ3v) is 2.84. The van der Waals surface area contributed by atoms with Gasteiger partial charge in [0, 0.05) is 19.1 Å². The van der Waals surface area contributed by atoms with Crippen molar-refractivity contribution in [2.75, 3.05) is 13.1 Å². The van der Waals surface area contributed by atoms with E-state index in [4.69, 9.17) is 10.5 Å². The predicted octanol–water partition coefficient (Wildman–Crippen LogP) is 1.93. The van der Waals surface area contributed by atoms with Gasteiger partial charge in [-0.05, 0) is 34.1 Å². The van der Waals surface area contributed by atoms with Gasteiger partial charge in [-0.1, -0.05) is 6.92 Å². The van der Waals surface area contributed by atoms with Gasteiger partial charge in [-0.25, -0.2) is 9.79 Å². The average Bonchev–Trinajstić information content (AvgIpc) is 2.19. The Kier molecular flexibility index (Phi) is 7.61. The lowest BCUT2D eigenvalue weighted by molar-refractivity contribution is 0.00901. The van der Waals surface area contributed by atoms with Crippen molar-refractivity contribution in [2.24, 2.45) is 10.7 Å². The first-order valence-corrected chi connectivity index (χ1v) is 6.79. The number of hydrogen-bond donors (Lipinski definition) is 2. The van der Waals surface area contributed by atoms with Crippen molar-refractivity contribution in [3.8, 4) is 0 Å². The number of rotatable bonds is 3. The number of ether oxygens (including phenoxy) is 1. The van der Waals surface area contributed by atoms with Gasteiger partial charge in [-0.2, -0.15) is 0 Å².